The number of thiophene rings is 1. The highest BCUT2D eigenvalue weighted by Gasteiger charge is 2.38. The molecule has 0 amide bonds. The Balaban J connectivity index is 0.000000541. The number of hydrogen-bond acceptors (Lipinski definition) is 8. The minimum Gasteiger partial charge on any atom is -0.487 e. The van der Waals surface area contributed by atoms with Crippen molar-refractivity contribution in [3.63, 3.8) is 0 Å². The first kappa shape index (κ1) is 32.0. The summed E-state index contributed by atoms with van der Waals surface area (Å²) in [5.41, 5.74) is 4.06. The van der Waals surface area contributed by atoms with E-state index in [0.29, 0.717) is 10.8 Å². The second-order valence-corrected chi connectivity index (χ2v) is 11.1. The van der Waals surface area contributed by atoms with Gasteiger partial charge >= 0.3 is 12.1 Å². The minimum absolute atomic E-state index is 0.233. The van der Waals surface area contributed by atoms with E-state index in [-0.39, 0.29) is 12.4 Å². The van der Waals surface area contributed by atoms with E-state index in [0.717, 1.165) is 59.5 Å². The Morgan fingerprint density at radius 3 is 2.65 bits per heavy atom. The Morgan fingerprint density at radius 1 is 1.21 bits per heavy atom. The van der Waals surface area contributed by atoms with E-state index in [9.17, 15) is 17.6 Å². The van der Waals surface area contributed by atoms with Crippen LogP contribution in [-0.4, -0.2) is 51.5 Å². The highest BCUT2D eigenvalue weighted by molar-refractivity contribution is 7.19. The number of carboxylic acid groups (broad SMARTS) is 1. The number of aromatic nitrogens is 2. The number of halogens is 5. The van der Waals surface area contributed by atoms with E-state index in [1.807, 2.05) is 30.3 Å². The number of hydrazone groups is 1. The maximum Gasteiger partial charge on any atom is 0.490 e. The van der Waals surface area contributed by atoms with Crippen LogP contribution in [0.5, 0.6) is 5.75 Å². The maximum atomic E-state index is 13.4. The Morgan fingerprint density at radius 2 is 1.98 bits per heavy atom. The molecule has 1 aliphatic rings. The number of ether oxygens (including phenoxy) is 1. The van der Waals surface area contributed by atoms with Crippen LogP contribution in [0.15, 0.2) is 53.9 Å². The number of anilines is 2. The molecule has 0 spiro atoms. The molecule has 228 valence electrons. The first-order chi connectivity index (χ1) is 20.4. The van der Waals surface area contributed by atoms with Crippen LogP contribution in [0, 0.1) is 5.82 Å². The highest BCUT2D eigenvalue weighted by atomic mass is 35.5. The van der Waals surface area contributed by atoms with Crippen molar-refractivity contribution < 1.29 is 32.2 Å². The second-order valence-electron chi connectivity index (χ2n) is 9.62. The molecule has 0 saturated carbocycles. The maximum absolute atomic E-state index is 13.4. The second kappa shape index (κ2) is 14.0. The van der Waals surface area contributed by atoms with Crippen molar-refractivity contribution in [1.29, 1.82) is 0 Å². The molecule has 0 atom stereocenters. The minimum atomic E-state index is -5.08. The molecule has 4 aromatic rings. The Hall–Kier alpha value is -3.97. The molecule has 2 N–H and O–H groups in total. The van der Waals surface area contributed by atoms with Crippen LogP contribution in [0.2, 0.25) is 5.02 Å². The number of fused-ring (bicyclic) bond motifs is 3. The first-order valence-electron chi connectivity index (χ1n) is 13.2. The third-order valence-corrected chi connectivity index (χ3v) is 7.71. The Bertz CT molecular complexity index is 1630. The SMILES string of the molecule is CCCN(C)/N=C1/CCc2c(sc3ncnc(Nc4ccc(OCc5cccc(F)c5)c(Cl)c4)c23)C1.O=C(O)C(F)(F)F. The smallest absolute Gasteiger partial charge is 0.487 e. The molecule has 8 nitrogen and oxygen atoms in total. The molecular formula is C29H28ClF4N5O3S. The third kappa shape index (κ3) is 8.54. The molecule has 5 rings (SSSR count). The number of benzene rings is 2. The monoisotopic (exact) mass is 637 g/mol. The molecule has 0 radical (unpaired) electrons. The van der Waals surface area contributed by atoms with Gasteiger partial charge in [-0.25, -0.2) is 19.2 Å². The van der Waals surface area contributed by atoms with Crippen molar-refractivity contribution in [1.82, 2.24) is 15.0 Å². The lowest BCUT2D eigenvalue weighted by molar-refractivity contribution is -0.192. The lowest BCUT2D eigenvalue weighted by Crippen LogP contribution is -2.21. The molecule has 0 bridgehead atoms. The van der Waals surface area contributed by atoms with Crippen LogP contribution < -0.4 is 10.1 Å². The summed E-state index contributed by atoms with van der Waals surface area (Å²) in [5.74, 6) is -1.74. The van der Waals surface area contributed by atoms with Crippen LogP contribution in [0.3, 0.4) is 0 Å². The lowest BCUT2D eigenvalue weighted by Gasteiger charge is -2.19. The molecular weight excluding hydrogens is 610 g/mol. The molecule has 0 saturated heterocycles. The van der Waals surface area contributed by atoms with Gasteiger partial charge in [-0.05, 0) is 60.7 Å². The average molecular weight is 638 g/mol. The largest absolute Gasteiger partial charge is 0.490 e. The number of nitrogens with zero attached hydrogens (tertiary/aromatic N) is 4. The first-order valence-corrected chi connectivity index (χ1v) is 14.4. The summed E-state index contributed by atoms with van der Waals surface area (Å²) in [6, 6.07) is 11.8. The highest BCUT2D eigenvalue weighted by Crippen LogP contribution is 2.39. The predicted molar refractivity (Wildman–Crippen MR) is 159 cm³/mol. The number of aryl methyl sites for hydroxylation is 1. The van der Waals surface area contributed by atoms with Crippen molar-refractivity contribution in [3.05, 3.63) is 75.6 Å². The van der Waals surface area contributed by atoms with Crippen molar-refractivity contribution >= 4 is 56.3 Å². The molecule has 0 fully saturated rings. The van der Waals surface area contributed by atoms with Gasteiger partial charge in [0.1, 0.15) is 35.1 Å². The van der Waals surface area contributed by atoms with Gasteiger partial charge in [-0.15, -0.1) is 11.3 Å². The zero-order valence-electron chi connectivity index (χ0n) is 23.2. The van der Waals surface area contributed by atoms with Crippen molar-refractivity contribution in [2.24, 2.45) is 5.10 Å². The van der Waals surface area contributed by atoms with Crippen LogP contribution >= 0.6 is 22.9 Å². The average Bonchev–Trinajstić information content (AvgIpc) is 3.31. The van der Waals surface area contributed by atoms with Gasteiger partial charge in [0.25, 0.3) is 0 Å². The molecule has 1 aliphatic carbocycles. The fourth-order valence-electron chi connectivity index (χ4n) is 4.40. The molecule has 2 heterocycles. The van der Waals surface area contributed by atoms with Gasteiger partial charge < -0.3 is 20.2 Å². The summed E-state index contributed by atoms with van der Waals surface area (Å²) in [6.45, 7) is 3.35. The zero-order chi connectivity index (χ0) is 31.1. The molecule has 2 aromatic carbocycles. The topological polar surface area (TPSA) is 99.9 Å². The third-order valence-electron chi connectivity index (χ3n) is 6.28. The van der Waals surface area contributed by atoms with E-state index in [1.54, 1.807) is 29.8 Å². The molecule has 14 heteroatoms. The van der Waals surface area contributed by atoms with E-state index in [1.165, 1.54) is 28.3 Å². The number of alkyl halides is 3. The number of nitrogens with one attached hydrogen (secondary N) is 1. The summed E-state index contributed by atoms with van der Waals surface area (Å²) < 4.78 is 51.0. The summed E-state index contributed by atoms with van der Waals surface area (Å²) in [5, 5.41) is 18.9. The predicted octanol–water partition coefficient (Wildman–Crippen LogP) is 7.63. The van der Waals surface area contributed by atoms with Gasteiger partial charge in [0.15, 0.2) is 0 Å². The van der Waals surface area contributed by atoms with Crippen molar-refractivity contribution in [2.45, 2.75) is 45.4 Å². The summed E-state index contributed by atoms with van der Waals surface area (Å²) in [4.78, 5) is 20.3. The van der Waals surface area contributed by atoms with Crippen LogP contribution in [0.4, 0.5) is 29.1 Å². The zero-order valence-corrected chi connectivity index (χ0v) is 24.8. The molecule has 43 heavy (non-hydrogen) atoms. The fourth-order valence-corrected chi connectivity index (χ4v) is 5.86. The number of carbonyl (C=O) groups is 1. The van der Waals surface area contributed by atoms with Crippen LogP contribution in [0.1, 0.15) is 35.8 Å². The number of hydrogen-bond donors (Lipinski definition) is 2. The van der Waals surface area contributed by atoms with Gasteiger partial charge in [-0.3, -0.25) is 0 Å². The number of aliphatic carboxylic acids is 1. The summed E-state index contributed by atoms with van der Waals surface area (Å²) in [7, 11) is 2.04. The molecule has 0 aliphatic heterocycles. The van der Waals surface area contributed by atoms with Crippen LogP contribution in [0.25, 0.3) is 10.2 Å². The number of rotatable bonds is 8. The standard InChI is InChI=1S/C27H27ClFN5OS.C2HF3O2/c1-3-11-34(2)33-20-7-9-21-24(14-20)36-27-25(21)26(30-16-31-27)32-19-8-10-23(22(28)13-19)35-15-17-5-4-6-18(29)12-17;3-2(4,5)1(6)7/h4-6,8,10,12-13,16H,3,7,9,11,14-15H2,1-2H3,(H,30,31,32);(H,6,7)/b33-20-;. The Labute approximate surface area is 254 Å². The molecule has 2 aromatic heterocycles. The molecule has 0 unspecified atom stereocenters. The lowest BCUT2D eigenvalue weighted by atomic mass is 9.95. The van der Waals surface area contributed by atoms with Crippen molar-refractivity contribution in [2.75, 3.05) is 18.9 Å². The summed E-state index contributed by atoms with van der Waals surface area (Å²) in [6.07, 6.45) is 0.298. The normalized spacial score (nSPS) is 13.7. The Kier molecular flexibility index (Phi) is 10.4. The van der Waals surface area contributed by atoms with E-state index in [4.69, 9.17) is 31.3 Å². The van der Waals surface area contributed by atoms with Gasteiger partial charge in [0, 0.05) is 36.3 Å². The summed E-state index contributed by atoms with van der Waals surface area (Å²) >= 11 is 8.22. The van der Waals surface area contributed by atoms with Gasteiger partial charge in [-0.2, -0.15) is 18.3 Å². The van der Waals surface area contributed by atoms with Gasteiger partial charge in [0.05, 0.1) is 10.4 Å². The number of carboxylic acids is 1. The van der Waals surface area contributed by atoms with E-state index < -0.39 is 12.1 Å². The van der Waals surface area contributed by atoms with E-state index >= 15 is 0 Å². The van der Waals surface area contributed by atoms with Gasteiger partial charge in [-0.1, -0.05) is 30.7 Å². The quantitative estimate of drug-likeness (QED) is 0.151. The van der Waals surface area contributed by atoms with E-state index in [2.05, 4.69) is 22.2 Å². The van der Waals surface area contributed by atoms with Gasteiger partial charge in [0.2, 0.25) is 0 Å². The van der Waals surface area contributed by atoms with Crippen molar-refractivity contribution in [3.8, 4) is 5.75 Å². The fraction of sp³-hybridized carbons (Fsp3) is 0.310. The van der Waals surface area contributed by atoms with Crippen LogP contribution in [-0.2, 0) is 24.2 Å².